The van der Waals surface area contributed by atoms with Gasteiger partial charge in [0.25, 0.3) is 0 Å². The number of ether oxygens (including phenoxy) is 1. The van der Waals surface area contributed by atoms with Gasteiger partial charge in [0.05, 0.1) is 10.3 Å². The van der Waals surface area contributed by atoms with Gasteiger partial charge in [-0.2, -0.15) is 4.31 Å². The molecular formula is C26H32ClN3O4S. The summed E-state index contributed by atoms with van der Waals surface area (Å²) in [5, 5.41) is 0.434. The van der Waals surface area contributed by atoms with Gasteiger partial charge in [-0.3, -0.25) is 4.79 Å². The summed E-state index contributed by atoms with van der Waals surface area (Å²) in [6, 6.07) is 10.8. The number of pyridine rings is 1. The van der Waals surface area contributed by atoms with Crippen LogP contribution in [0.1, 0.15) is 50.5 Å². The minimum absolute atomic E-state index is 0.115. The predicted octanol–water partition coefficient (Wildman–Crippen LogP) is 4.44. The van der Waals surface area contributed by atoms with Gasteiger partial charge in [-0.05, 0) is 75.6 Å². The van der Waals surface area contributed by atoms with Crippen LogP contribution in [-0.2, 0) is 14.8 Å². The van der Waals surface area contributed by atoms with Crippen LogP contribution in [0.5, 0.6) is 5.88 Å². The molecule has 7 nitrogen and oxygen atoms in total. The molecule has 2 saturated heterocycles. The van der Waals surface area contributed by atoms with Crippen LogP contribution in [0.2, 0.25) is 5.02 Å². The first-order valence-corrected chi connectivity index (χ1v) is 14.3. The molecule has 35 heavy (non-hydrogen) atoms. The van der Waals surface area contributed by atoms with Crippen molar-refractivity contribution in [3.05, 3.63) is 53.2 Å². The summed E-state index contributed by atoms with van der Waals surface area (Å²) in [5.41, 5.74) is -0.0723. The minimum Gasteiger partial charge on any atom is -0.474 e. The van der Waals surface area contributed by atoms with Crippen LogP contribution in [0.3, 0.4) is 0 Å². The highest BCUT2D eigenvalue weighted by Gasteiger charge is 2.52. The predicted molar refractivity (Wildman–Crippen MR) is 134 cm³/mol. The van der Waals surface area contributed by atoms with Crippen molar-refractivity contribution in [2.45, 2.75) is 68.9 Å². The van der Waals surface area contributed by atoms with E-state index in [0.717, 1.165) is 32.1 Å². The third kappa shape index (κ3) is 4.68. The molecular weight excluding hydrogens is 486 g/mol. The van der Waals surface area contributed by atoms with Gasteiger partial charge in [-0.25, -0.2) is 13.4 Å². The summed E-state index contributed by atoms with van der Waals surface area (Å²) in [5.74, 6) is 0.764. The average Bonchev–Trinajstić information content (AvgIpc) is 3.17. The standard InChI is InChI=1S/C26H32ClN3O4S/c1-19-22(27)6-4-7-23(19)35(32,33)29-16-5-13-26(18-29)14-17-30(25(26)31)20-9-11-21(12-10-20)34-24-8-2-3-15-28-24/h2-4,6-8,15,20-21H,5,9-14,16-18H2,1H3/t20-,21+,26?. The van der Waals surface area contributed by atoms with Crippen molar-refractivity contribution >= 4 is 27.5 Å². The zero-order valence-corrected chi connectivity index (χ0v) is 21.6. The Morgan fingerprint density at radius 1 is 1.06 bits per heavy atom. The fourth-order valence-electron chi connectivity index (χ4n) is 5.94. The van der Waals surface area contributed by atoms with Gasteiger partial charge in [-0.1, -0.05) is 23.7 Å². The largest absolute Gasteiger partial charge is 0.474 e. The number of hydrogen-bond acceptors (Lipinski definition) is 5. The first kappa shape index (κ1) is 24.5. The zero-order valence-electron chi connectivity index (χ0n) is 20.0. The van der Waals surface area contributed by atoms with E-state index in [-0.39, 0.29) is 29.5 Å². The van der Waals surface area contributed by atoms with E-state index in [9.17, 15) is 13.2 Å². The van der Waals surface area contributed by atoms with E-state index < -0.39 is 15.4 Å². The Kier molecular flexibility index (Phi) is 6.81. The maximum atomic E-state index is 13.7. The number of carbonyl (C=O) groups is 1. The maximum absolute atomic E-state index is 13.7. The number of halogens is 1. The molecule has 1 aliphatic carbocycles. The summed E-state index contributed by atoms with van der Waals surface area (Å²) in [7, 11) is -3.73. The molecule has 1 spiro atoms. The third-order valence-corrected chi connectivity index (χ3v) is 10.3. The lowest BCUT2D eigenvalue weighted by molar-refractivity contribution is -0.140. The van der Waals surface area contributed by atoms with Crippen LogP contribution < -0.4 is 4.74 Å². The topological polar surface area (TPSA) is 79.8 Å². The second kappa shape index (κ2) is 9.71. The highest BCUT2D eigenvalue weighted by molar-refractivity contribution is 7.89. The molecule has 9 heteroatoms. The van der Waals surface area contributed by atoms with Gasteiger partial charge in [0.15, 0.2) is 0 Å². The van der Waals surface area contributed by atoms with Gasteiger partial charge >= 0.3 is 0 Å². The number of carbonyl (C=O) groups excluding carboxylic acids is 1. The lowest BCUT2D eigenvalue weighted by Gasteiger charge is -2.40. The van der Waals surface area contributed by atoms with E-state index in [1.54, 1.807) is 31.3 Å². The van der Waals surface area contributed by atoms with Gasteiger partial charge in [0.2, 0.25) is 21.8 Å². The quantitative estimate of drug-likeness (QED) is 0.586. The van der Waals surface area contributed by atoms with E-state index in [2.05, 4.69) is 4.98 Å². The molecule has 0 N–H and O–H groups in total. The van der Waals surface area contributed by atoms with Gasteiger partial charge in [0.1, 0.15) is 6.10 Å². The summed E-state index contributed by atoms with van der Waals surface area (Å²) in [6.07, 6.45) is 7.51. The highest BCUT2D eigenvalue weighted by Crippen LogP contribution is 2.44. The third-order valence-electron chi connectivity index (χ3n) is 7.93. The van der Waals surface area contributed by atoms with E-state index in [1.807, 2.05) is 23.1 Å². The Morgan fingerprint density at radius 3 is 2.60 bits per heavy atom. The number of nitrogens with zero attached hydrogens (tertiary/aromatic N) is 3. The van der Waals surface area contributed by atoms with E-state index >= 15 is 0 Å². The monoisotopic (exact) mass is 517 g/mol. The molecule has 0 radical (unpaired) electrons. The average molecular weight is 518 g/mol. The first-order valence-electron chi connectivity index (χ1n) is 12.4. The van der Waals surface area contributed by atoms with E-state index in [1.165, 1.54) is 4.31 Å². The van der Waals surface area contributed by atoms with Crippen LogP contribution in [0.4, 0.5) is 0 Å². The second-order valence-corrected chi connectivity index (χ2v) is 12.4. The number of amides is 1. The van der Waals surface area contributed by atoms with Crippen LogP contribution >= 0.6 is 11.6 Å². The Balaban J connectivity index is 1.25. The summed E-state index contributed by atoms with van der Waals surface area (Å²) >= 11 is 6.21. The Bertz CT molecular complexity index is 1180. The van der Waals surface area contributed by atoms with Gasteiger partial charge in [0, 0.05) is 43.0 Å². The van der Waals surface area contributed by atoms with Crippen LogP contribution in [0.15, 0.2) is 47.5 Å². The summed E-state index contributed by atoms with van der Waals surface area (Å²) < 4.78 is 34.5. The molecule has 3 heterocycles. The normalized spacial score (nSPS) is 27.9. The molecule has 2 aromatic rings. The lowest BCUT2D eigenvalue weighted by atomic mass is 9.79. The minimum atomic E-state index is -3.73. The van der Waals surface area contributed by atoms with E-state index in [4.69, 9.17) is 16.3 Å². The molecule has 3 aliphatic rings. The molecule has 1 unspecified atom stereocenters. The zero-order chi connectivity index (χ0) is 24.6. The first-order chi connectivity index (χ1) is 16.8. The van der Waals surface area contributed by atoms with Gasteiger partial charge < -0.3 is 9.64 Å². The molecule has 1 saturated carbocycles. The molecule has 1 aromatic heterocycles. The number of aromatic nitrogens is 1. The van der Waals surface area contributed by atoms with Crippen molar-refractivity contribution in [1.29, 1.82) is 0 Å². The van der Waals surface area contributed by atoms with Crippen molar-refractivity contribution in [3.8, 4) is 5.88 Å². The van der Waals surface area contributed by atoms with Crippen molar-refractivity contribution in [2.24, 2.45) is 5.41 Å². The molecule has 3 fully saturated rings. The molecule has 1 amide bonds. The molecule has 1 aromatic carbocycles. The number of rotatable bonds is 5. The SMILES string of the molecule is Cc1c(Cl)cccc1S(=O)(=O)N1CCCC2(CCN([C@H]3CC[C@@H](Oc4ccccn4)CC3)C2=O)C1. The summed E-state index contributed by atoms with van der Waals surface area (Å²) in [6.45, 7) is 3.10. The Labute approximate surface area is 212 Å². The smallest absolute Gasteiger partial charge is 0.243 e. The summed E-state index contributed by atoms with van der Waals surface area (Å²) in [4.78, 5) is 20.2. The van der Waals surface area contributed by atoms with Crippen molar-refractivity contribution < 1.29 is 17.9 Å². The van der Waals surface area contributed by atoms with Gasteiger partial charge in [-0.15, -0.1) is 0 Å². The molecule has 5 rings (SSSR count). The number of piperidine rings is 1. The number of sulfonamides is 1. The van der Waals surface area contributed by atoms with Crippen LogP contribution in [0.25, 0.3) is 0 Å². The van der Waals surface area contributed by atoms with E-state index in [0.29, 0.717) is 42.4 Å². The fraction of sp³-hybridized carbons (Fsp3) is 0.538. The Morgan fingerprint density at radius 2 is 1.86 bits per heavy atom. The van der Waals surface area contributed by atoms with Crippen molar-refractivity contribution in [3.63, 3.8) is 0 Å². The Hall–Kier alpha value is -2.16. The van der Waals surface area contributed by atoms with Crippen LogP contribution in [-0.4, -0.2) is 60.3 Å². The fourth-order valence-corrected chi connectivity index (χ4v) is 7.98. The maximum Gasteiger partial charge on any atom is 0.243 e. The number of likely N-dealkylation sites (tertiary alicyclic amines) is 1. The molecule has 0 bridgehead atoms. The second-order valence-electron chi connectivity index (χ2n) is 10.1. The highest BCUT2D eigenvalue weighted by atomic mass is 35.5. The molecule has 1 atom stereocenters. The number of benzene rings is 1. The van der Waals surface area contributed by atoms with Crippen molar-refractivity contribution in [1.82, 2.24) is 14.2 Å². The molecule has 188 valence electrons. The molecule has 2 aliphatic heterocycles. The number of hydrogen-bond donors (Lipinski definition) is 0. The lowest BCUT2D eigenvalue weighted by Crippen LogP contribution is -2.51. The van der Waals surface area contributed by atoms with Crippen molar-refractivity contribution in [2.75, 3.05) is 19.6 Å². The van der Waals surface area contributed by atoms with Crippen LogP contribution in [0, 0.1) is 12.3 Å².